The van der Waals surface area contributed by atoms with Gasteiger partial charge in [-0.2, -0.15) is 0 Å². The number of rotatable bonds is 6. The van der Waals surface area contributed by atoms with Crippen LogP contribution in [0.25, 0.3) is 0 Å². The molecule has 2 aromatic rings. The van der Waals surface area contributed by atoms with Crippen molar-refractivity contribution in [2.24, 2.45) is 0 Å². The Labute approximate surface area is 168 Å². The van der Waals surface area contributed by atoms with Gasteiger partial charge in [-0.25, -0.2) is 0 Å². The molecule has 0 unspecified atom stereocenters. The minimum Gasteiger partial charge on any atom is -0.378 e. The highest BCUT2D eigenvalue weighted by Crippen LogP contribution is 2.22. The van der Waals surface area contributed by atoms with E-state index in [1.165, 1.54) is 11.8 Å². The van der Waals surface area contributed by atoms with Crippen molar-refractivity contribution in [1.82, 2.24) is 4.90 Å². The lowest BCUT2D eigenvalue weighted by atomic mass is 10.1. The molecule has 0 bridgehead atoms. The molecule has 0 aromatic heterocycles. The molecule has 27 heavy (non-hydrogen) atoms. The summed E-state index contributed by atoms with van der Waals surface area (Å²) in [6.45, 7) is 2.21. The van der Waals surface area contributed by atoms with E-state index in [1.54, 1.807) is 23.1 Å². The Morgan fingerprint density at radius 1 is 1.07 bits per heavy atom. The van der Waals surface area contributed by atoms with Gasteiger partial charge in [-0.05, 0) is 23.8 Å². The smallest absolute Gasteiger partial charge is 0.256 e. The molecule has 0 saturated carbocycles. The van der Waals surface area contributed by atoms with Gasteiger partial charge in [0.25, 0.3) is 5.91 Å². The number of amides is 2. The largest absolute Gasteiger partial charge is 0.378 e. The van der Waals surface area contributed by atoms with Gasteiger partial charge in [0.1, 0.15) is 0 Å². The predicted octanol–water partition coefficient (Wildman–Crippen LogP) is 3.68. The Bertz CT molecular complexity index is 809. The quantitative estimate of drug-likeness (QED) is 0.797. The van der Waals surface area contributed by atoms with Crippen LogP contribution in [-0.4, -0.2) is 48.8 Å². The third-order valence-electron chi connectivity index (χ3n) is 4.18. The molecule has 0 spiro atoms. The average Bonchev–Trinajstić information content (AvgIpc) is 2.70. The van der Waals surface area contributed by atoms with Crippen molar-refractivity contribution in [1.29, 1.82) is 0 Å². The normalized spacial score (nSPS) is 14.0. The van der Waals surface area contributed by atoms with Gasteiger partial charge in [-0.15, -0.1) is 11.8 Å². The first kappa shape index (κ1) is 19.7. The molecule has 142 valence electrons. The van der Waals surface area contributed by atoms with E-state index in [0.717, 1.165) is 5.56 Å². The lowest BCUT2D eigenvalue weighted by Gasteiger charge is -2.27. The van der Waals surface area contributed by atoms with E-state index < -0.39 is 0 Å². The Hall–Kier alpha value is -2.02. The summed E-state index contributed by atoms with van der Waals surface area (Å²) < 4.78 is 5.29. The van der Waals surface area contributed by atoms with Crippen LogP contribution in [0.4, 0.5) is 5.69 Å². The molecular weight excluding hydrogens is 384 g/mol. The lowest BCUT2D eigenvalue weighted by molar-refractivity contribution is -0.113. The first-order valence-corrected chi connectivity index (χ1v) is 10.3. The molecule has 1 N–H and O–H groups in total. The van der Waals surface area contributed by atoms with Crippen LogP contribution in [0.5, 0.6) is 0 Å². The molecule has 3 rings (SSSR count). The number of nitrogens with one attached hydrogen (secondary N) is 1. The third-order valence-corrected chi connectivity index (χ3v) is 5.53. The zero-order valence-electron chi connectivity index (χ0n) is 14.8. The molecule has 2 amide bonds. The van der Waals surface area contributed by atoms with Crippen LogP contribution in [0.1, 0.15) is 15.9 Å². The van der Waals surface area contributed by atoms with Crippen LogP contribution in [0.2, 0.25) is 5.02 Å². The second-order valence-electron chi connectivity index (χ2n) is 6.08. The van der Waals surface area contributed by atoms with Crippen LogP contribution in [0, 0.1) is 0 Å². The second-order valence-corrected chi connectivity index (χ2v) is 7.48. The second kappa shape index (κ2) is 9.78. The molecule has 1 aliphatic rings. The minimum atomic E-state index is -0.144. The summed E-state index contributed by atoms with van der Waals surface area (Å²) in [6, 6.07) is 14.7. The molecule has 0 radical (unpaired) electrons. The number of thioether (sulfide) groups is 1. The van der Waals surface area contributed by atoms with Gasteiger partial charge >= 0.3 is 0 Å². The first-order chi connectivity index (χ1) is 13.1. The van der Waals surface area contributed by atoms with E-state index in [2.05, 4.69) is 5.32 Å². The number of anilines is 1. The molecule has 1 fully saturated rings. The monoisotopic (exact) mass is 404 g/mol. The molecule has 1 aliphatic heterocycles. The number of ether oxygens (including phenoxy) is 1. The Morgan fingerprint density at radius 2 is 1.78 bits per heavy atom. The molecule has 7 heteroatoms. The molecule has 0 atom stereocenters. The fourth-order valence-corrected chi connectivity index (χ4v) is 3.88. The molecular formula is C20H21ClN2O3S. The maximum atomic E-state index is 12.7. The lowest BCUT2D eigenvalue weighted by Crippen LogP contribution is -2.41. The van der Waals surface area contributed by atoms with Gasteiger partial charge in [0, 0.05) is 23.9 Å². The van der Waals surface area contributed by atoms with Gasteiger partial charge in [0.15, 0.2) is 0 Å². The standard InChI is InChI=1S/C20H21ClN2O3S/c21-17-7-3-1-5-15(17)13-27-14-19(24)22-18-8-4-2-6-16(18)20(25)23-9-11-26-12-10-23/h1-8H,9-14H2,(H,22,24). The van der Waals surface area contributed by atoms with E-state index in [1.807, 2.05) is 30.3 Å². The number of morpholine rings is 1. The number of hydrogen-bond acceptors (Lipinski definition) is 4. The number of carbonyl (C=O) groups excluding carboxylic acids is 2. The SMILES string of the molecule is O=C(CSCc1ccccc1Cl)Nc1ccccc1C(=O)N1CCOCC1. The van der Waals surface area contributed by atoms with Crippen LogP contribution in [-0.2, 0) is 15.3 Å². The van der Waals surface area contributed by atoms with E-state index in [-0.39, 0.29) is 17.6 Å². The van der Waals surface area contributed by atoms with Crippen molar-refractivity contribution in [3.63, 3.8) is 0 Å². The predicted molar refractivity (Wildman–Crippen MR) is 109 cm³/mol. The van der Waals surface area contributed by atoms with Crippen molar-refractivity contribution in [2.75, 3.05) is 37.4 Å². The zero-order chi connectivity index (χ0) is 19.1. The van der Waals surface area contributed by atoms with E-state index in [4.69, 9.17) is 16.3 Å². The zero-order valence-corrected chi connectivity index (χ0v) is 16.4. The van der Waals surface area contributed by atoms with E-state index >= 15 is 0 Å². The summed E-state index contributed by atoms with van der Waals surface area (Å²) in [5, 5.41) is 3.56. The summed E-state index contributed by atoms with van der Waals surface area (Å²) in [4.78, 5) is 26.8. The highest BCUT2D eigenvalue weighted by Gasteiger charge is 2.21. The number of nitrogens with zero attached hydrogens (tertiary/aromatic N) is 1. The summed E-state index contributed by atoms with van der Waals surface area (Å²) in [7, 11) is 0. The van der Waals surface area contributed by atoms with Crippen molar-refractivity contribution >= 4 is 40.9 Å². The number of hydrogen-bond donors (Lipinski definition) is 1. The molecule has 0 aliphatic carbocycles. The van der Waals surface area contributed by atoms with Crippen molar-refractivity contribution in [3.8, 4) is 0 Å². The van der Waals surface area contributed by atoms with E-state index in [9.17, 15) is 9.59 Å². The maximum Gasteiger partial charge on any atom is 0.256 e. The highest BCUT2D eigenvalue weighted by atomic mass is 35.5. The van der Waals surface area contributed by atoms with Gasteiger partial charge in [-0.3, -0.25) is 9.59 Å². The Morgan fingerprint density at radius 3 is 2.56 bits per heavy atom. The molecule has 1 heterocycles. The molecule has 5 nitrogen and oxygen atoms in total. The Kier molecular flexibility index (Phi) is 7.15. The summed E-state index contributed by atoms with van der Waals surface area (Å²) in [5.74, 6) is 0.708. The minimum absolute atomic E-state index is 0.0853. The first-order valence-electron chi connectivity index (χ1n) is 8.72. The van der Waals surface area contributed by atoms with E-state index in [0.29, 0.717) is 48.3 Å². The number of benzene rings is 2. The highest BCUT2D eigenvalue weighted by molar-refractivity contribution is 7.99. The summed E-state index contributed by atoms with van der Waals surface area (Å²) in [5.41, 5.74) is 2.04. The van der Waals surface area contributed by atoms with Crippen molar-refractivity contribution < 1.29 is 14.3 Å². The number of halogens is 1. The van der Waals surface area contributed by atoms with Gasteiger partial charge in [0.05, 0.1) is 30.2 Å². The van der Waals surface area contributed by atoms with Gasteiger partial charge < -0.3 is 15.0 Å². The fraction of sp³-hybridized carbons (Fsp3) is 0.300. The summed E-state index contributed by atoms with van der Waals surface area (Å²) >= 11 is 7.62. The van der Waals surface area contributed by atoms with Crippen LogP contribution < -0.4 is 5.32 Å². The van der Waals surface area contributed by atoms with Crippen molar-refractivity contribution in [2.45, 2.75) is 5.75 Å². The fourth-order valence-electron chi connectivity index (χ4n) is 2.77. The molecule has 1 saturated heterocycles. The van der Waals surface area contributed by atoms with Crippen LogP contribution in [0.15, 0.2) is 48.5 Å². The maximum absolute atomic E-state index is 12.7. The topological polar surface area (TPSA) is 58.6 Å². The molecule has 2 aromatic carbocycles. The van der Waals surface area contributed by atoms with Gasteiger partial charge in [0.2, 0.25) is 5.91 Å². The van der Waals surface area contributed by atoms with Crippen molar-refractivity contribution in [3.05, 3.63) is 64.7 Å². The number of para-hydroxylation sites is 1. The Balaban J connectivity index is 1.57. The average molecular weight is 405 g/mol. The third kappa shape index (κ3) is 5.48. The van der Waals surface area contributed by atoms with Gasteiger partial charge in [-0.1, -0.05) is 41.9 Å². The van der Waals surface area contributed by atoms with Crippen LogP contribution in [0.3, 0.4) is 0 Å². The number of carbonyl (C=O) groups is 2. The summed E-state index contributed by atoms with van der Waals surface area (Å²) in [6.07, 6.45) is 0. The van der Waals surface area contributed by atoms with Crippen LogP contribution >= 0.6 is 23.4 Å².